The third-order valence-electron chi connectivity index (χ3n) is 9.33. The first-order chi connectivity index (χ1) is 25.7. The lowest BCUT2D eigenvalue weighted by atomic mass is 10.0. The first-order valence-corrected chi connectivity index (χ1v) is 17.7. The minimum absolute atomic E-state index is 0.131. The number of halogens is 3. The fourth-order valence-electron chi connectivity index (χ4n) is 6.36. The van der Waals surface area contributed by atoms with Crippen LogP contribution in [0.1, 0.15) is 33.4 Å². The molecule has 1 aliphatic rings. The van der Waals surface area contributed by atoms with Gasteiger partial charge in [0.15, 0.2) is 0 Å². The van der Waals surface area contributed by atoms with E-state index in [1.807, 2.05) is 108 Å². The van der Waals surface area contributed by atoms with Gasteiger partial charge in [0.2, 0.25) is 11.8 Å². The maximum atomic E-state index is 14.5. The molecule has 0 bridgehead atoms. The van der Waals surface area contributed by atoms with Gasteiger partial charge >= 0.3 is 6.18 Å². The number of piperazine rings is 1. The van der Waals surface area contributed by atoms with E-state index >= 15 is 0 Å². The average Bonchev–Trinajstić information content (AvgIpc) is 3.19. The molecule has 272 valence electrons. The number of alkyl halides is 3. The summed E-state index contributed by atoms with van der Waals surface area (Å²) in [5.41, 5.74) is 3.62. The van der Waals surface area contributed by atoms with Crippen LogP contribution in [-0.4, -0.2) is 58.7 Å². The second kappa shape index (κ2) is 17.7. The molecule has 0 unspecified atom stereocenters. The molecule has 0 radical (unpaired) electrons. The Morgan fingerprint density at radius 1 is 0.679 bits per heavy atom. The van der Waals surface area contributed by atoms with Gasteiger partial charge in [0.05, 0.1) is 5.56 Å². The van der Waals surface area contributed by atoms with Crippen molar-refractivity contribution in [3.05, 3.63) is 179 Å². The van der Waals surface area contributed by atoms with Gasteiger partial charge in [-0.2, -0.15) is 13.2 Å². The summed E-state index contributed by atoms with van der Waals surface area (Å²) in [7, 11) is 0. The molecule has 0 spiro atoms. The van der Waals surface area contributed by atoms with Crippen LogP contribution in [0.25, 0.3) is 6.08 Å². The van der Waals surface area contributed by atoms with Gasteiger partial charge in [0.25, 0.3) is 0 Å². The van der Waals surface area contributed by atoms with Crippen LogP contribution in [0.15, 0.2) is 146 Å². The molecule has 0 aliphatic carbocycles. The Hall–Kier alpha value is -5.67. The van der Waals surface area contributed by atoms with Crippen molar-refractivity contribution in [1.82, 2.24) is 14.7 Å². The highest BCUT2D eigenvalue weighted by Crippen LogP contribution is 2.29. The molecule has 0 saturated carbocycles. The molecule has 1 fully saturated rings. The van der Waals surface area contributed by atoms with Crippen LogP contribution < -0.4 is 4.74 Å². The van der Waals surface area contributed by atoms with Crippen molar-refractivity contribution in [2.45, 2.75) is 38.3 Å². The molecule has 6 nitrogen and oxygen atoms in total. The fraction of sp³-hybridized carbons (Fsp3) is 0.227. The number of nitrogens with zero attached hydrogens (tertiary/aromatic N) is 3. The third-order valence-corrected chi connectivity index (χ3v) is 9.33. The zero-order chi connectivity index (χ0) is 37.0. The lowest BCUT2D eigenvalue weighted by Gasteiger charge is -2.39. The summed E-state index contributed by atoms with van der Waals surface area (Å²) in [6.07, 6.45) is -1.34. The van der Waals surface area contributed by atoms with Crippen LogP contribution in [0.5, 0.6) is 5.75 Å². The Bertz CT molecular complexity index is 1930. The summed E-state index contributed by atoms with van der Waals surface area (Å²) in [5, 5.41) is 0. The van der Waals surface area contributed by atoms with E-state index in [2.05, 4.69) is 17.0 Å². The van der Waals surface area contributed by atoms with Crippen LogP contribution in [0.3, 0.4) is 0 Å². The molecule has 1 aliphatic heterocycles. The highest BCUT2D eigenvalue weighted by molar-refractivity contribution is 5.95. The maximum Gasteiger partial charge on any atom is 0.416 e. The Morgan fingerprint density at radius 2 is 1.25 bits per heavy atom. The number of benzene rings is 5. The quantitative estimate of drug-likeness (QED) is 0.115. The molecular formula is C44H42F3N3O3. The number of carbonyl (C=O) groups excluding carboxylic acids is 2. The topological polar surface area (TPSA) is 53.1 Å². The van der Waals surface area contributed by atoms with Gasteiger partial charge in [-0.05, 0) is 58.2 Å². The van der Waals surface area contributed by atoms with Crippen LogP contribution in [0.4, 0.5) is 13.2 Å². The fourth-order valence-corrected chi connectivity index (χ4v) is 6.36. The number of rotatable bonds is 13. The van der Waals surface area contributed by atoms with Gasteiger partial charge in [-0.1, -0.05) is 115 Å². The summed E-state index contributed by atoms with van der Waals surface area (Å²) in [4.78, 5) is 34.5. The Balaban J connectivity index is 1.24. The normalized spacial score (nSPS) is 14.2. The zero-order valence-corrected chi connectivity index (χ0v) is 29.4. The molecule has 0 aromatic heterocycles. The van der Waals surface area contributed by atoms with E-state index in [0.29, 0.717) is 50.5 Å². The Morgan fingerprint density at radius 3 is 1.83 bits per heavy atom. The molecule has 1 heterocycles. The second-order valence-electron chi connectivity index (χ2n) is 13.1. The van der Waals surface area contributed by atoms with Crippen LogP contribution >= 0.6 is 0 Å². The highest BCUT2D eigenvalue weighted by atomic mass is 19.4. The summed E-state index contributed by atoms with van der Waals surface area (Å²) < 4.78 is 45.5. The smallest absolute Gasteiger partial charge is 0.416 e. The molecule has 1 atom stereocenters. The monoisotopic (exact) mass is 717 g/mol. The lowest BCUT2D eigenvalue weighted by molar-refractivity contribution is -0.145. The van der Waals surface area contributed by atoms with E-state index in [4.69, 9.17) is 4.74 Å². The van der Waals surface area contributed by atoms with E-state index in [9.17, 15) is 22.8 Å². The lowest BCUT2D eigenvalue weighted by Crippen LogP contribution is -2.56. The predicted octanol–water partition coefficient (Wildman–Crippen LogP) is 8.28. The van der Waals surface area contributed by atoms with E-state index in [-0.39, 0.29) is 12.5 Å². The SMILES string of the molecule is O=C([C@H](Cc1ccccc1)N(Cc1ccc(OCc2ccccc2)cc1)C(=O)C=Cc1ccc(C(F)(F)F)cc1)N1CCN(Cc2ccccc2)CC1. The summed E-state index contributed by atoms with van der Waals surface area (Å²) in [6.45, 7) is 3.77. The van der Waals surface area contributed by atoms with Crippen LogP contribution in [0.2, 0.25) is 0 Å². The Kier molecular flexibility index (Phi) is 12.4. The Labute approximate surface area is 308 Å². The second-order valence-corrected chi connectivity index (χ2v) is 13.1. The van der Waals surface area contributed by atoms with Crippen molar-refractivity contribution in [3.63, 3.8) is 0 Å². The molecule has 1 saturated heterocycles. The number of ether oxygens (including phenoxy) is 1. The molecular weight excluding hydrogens is 675 g/mol. The van der Waals surface area contributed by atoms with Crippen LogP contribution in [0, 0.1) is 0 Å². The number of hydrogen-bond acceptors (Lipinski definition) is 4. The standard InChI is InChI=1S/C44H42F3N3O3/c45-44(46,47)39-21-16-34(17-22-39)20-25-42(51)50(32-37-18-23-40(24-19-37)53-33-38-14-8-3-9-15-38)41(30-35-10-4-1-5-11-35)43(52)49-28-26-48(27-29-49)31-36-12-6-2-7-13-36/h1-25,41H,26-33H2/t41-/m0/s1. The van der Waals surface area contributed by atoms with E-state index in [0.717, 1.165) is 35.4 Å². The molecule has 6 rings (SSSR count). The van der Waals surface area contributed by atoms with Gasteiger partial charge in [0.1, 0.15) is 18.4 Å². The summed E-state index contributed by atoms with van der Waals surface area (Å²) >= 11 is 0. The van der Waals surface area contributed by atoms with Crippen molar-refractivity contribution >= 4 is 17.9 Å². The van der Waals surface area contributed by atoms with Crippen LogP contribution in [-0.2, 0) is 41.9 Å². The van der Waals surface area contributed by atoms with Gasteiger partial charge in [0, 0.05) is 51.8 Å². The van der Waals surface area contributed by atoms with E-state index in [1.165, 1.54) is 29.8 Å². The molecule has 9 heteroatoms. The predicted molar refractivity (Wildman–Crippen MR) is 200 cm³/mol. The van der Waals surface area contributed by atoms with Gasteiger partial charge in [-0.25, -0.2) is 0 Å². The molecule has 0 N–H and O–H groups in total. The van der Waals surface area contributed by atoms with Crippen molar-refractivity contribution in [3.8, 4) is 5.75 Å². The first kappa shape index (κ1) is 37.1. The molecule has 5 aromatic rings. The van der Waals surface area contributed by atoms with Gasteiger partial charge in [-0.3, -0.25) is 14.5 Å². The van der Waals surface area contributed by atoms with Crippen molar-refractivity contribution in [2.24, 2.45) is 0 Å². The van der Waals surface area contributed by atoms with E-state index < -0.39 is 23.7 Å². The highest BCUT2D eigenvalue weighted by Gasteiger charge is 2.34. The first-order valence-electron chi connectivity index (χ1n) is 17.7. The maximum absolute atomic E-state index is 14.5. The number of hydrogen-bond donors (Lipinski definition) is 0. The molecule has 2 amide bonds. The number of amides is 2. The minimum atomic E-state index is -4.46. The largest absolute Gasteiger partial charge is 0.489 e. The number of carbonyl (C=O) groups is 2. The van der Waals surface area contributed by atoms with Gasteiger partial charge < -0.3 is 14.5 Å². The molecule has 5 aromatic carbocycles. The summed E-state index contributed by atoms with van der Waals surface area (Å²) in [5.74, 6) is 0.0987. The minimum Gasteiger partial charge on any atom is -0.489 e. The average molecular weight is 718 g/mol. The molecule has 53 heavy (non-hydrogen) atoms. The third kappa shape index (κ3) is 10.7. The van der Waals surface area contributed by atoms with Gasteiger partial charge in [-0.15, -0.1) is 0 Å². The van der Waals surface area contributed by atoms with Crippen molar-refractivity contribution in [1.29, 1.82) is 0 Å². The zero-order valence-electron chi connectivity index (χ0n) is 29.4. The summed E-state index contributed by atoms with van der Waals surface area (Å²) in [6, 6.07) is 40.9. The van der Waals surface area contributed by atoms with Crippen molar-refractivity contribution in [2.75, 3.05) is 26.2 Å². The van der Waals surface area contributed by atoms with Crippen molar-refractivity contribution < 1.29 is 27.5 Å². The van der Waals surface area contributed by atoms with E-state index in [1.54, 1.807) is 4.90 Å².